The van der Waals surface area contributed by atoms with Gasteiger partial charge in [-0.1, -0.05) is 47.1 Å². The molecule has 1 aromatic carbocycles. The molecule has 0 radical (unpaired) electrons. The third kappa shape index (κ3) is 4.55. The molecule has 0 saturated carbocycles. The molecular weight excluding hydrogens is 316 g/mol. The maximum atomic E-state index is 12.0. The van der Waals surface area contributed by atoms with E-state index in [0.717, 1.165) is 10.0 Å². The van der Waals surface area contributed by atoms with E-state index in [9.17, 15) is 8.42 Å². The molecular formula is C13H17BrO3S. The van der Waals surface area contributed by atoms with Crippen LogP contribution in [0.15, 0.2) is 40.2 Å². The Morgan fingerprint density at radius 1 is 1.39 bits per heavy atom. The largest absolute Gasteiger partial charge is 0.297 e. The minimum absolute atomic E-state index is 0.187. The molecule has 0 heterocycles. The second kappa shape index (κ2) is 6.50. The summed E-state index contributed by atoms with van der Waals surface area (Å²) in [5, 5.41) is 0. The number of hydrogen-bond acceptors (Lipinski definition) is 3. The Balaban J connectivity index is 2.86. The van der Waals surface area contributed by atoms with Crippen LogP contribution in [0.1, 0.15) is 25.3 Å². The second-order valence-electron chi connectivity index (χ2n) is 4.12. The Hall–Kier alpha value is -0.650. The summed E-state index contributed by atoms with van der Waals surface area (Å²) < 4.78 is 30.0. The van der Waals surface area contributed by atoms with Crippen LogP contribution in [0.3, 0.4) is 0 Å². The summed E-state index contributed by atoms with van der Waals surface area (Å²) in [6, 6.07) is 6.61. The van der Waals surface area contributed by atoms with E-state index in [4.69, 9.17) is 4.18 Å². The fourth-order valence-electron chi connectivity index (χ4n) is 1.43. The highest BCUT2D eigenvalue weighted by molar-refractivity contribution is 9.11. The average Bonchev–Trinajstić information content (AvgIpc) is 2.27. The van der Waals surface area contributed by atoms with Crippen molar-refractivity contribution in [3.05, 3.63) is 40.9 Å². The highest BCUT2D eigenvalue weighted by Crippen LogP contribution is 2.21. The van der Waals surface area contributed by atoms with E-state index in [-0.39, 0.29) is 11.0 Å². The van der Waals surface area contributed by atoms with E-state index in [1.54, 1.807) is 24.3 Å². The Labute approximate surface area is 117 Å². The first-order valence-corrected chi connectivity index (χ1v) is 7.88. The lowest BCUT2D eigenvalue weighted by molar-refractivity contribution is 0.207. The van der Waals surface area contributed by atoms with Crippen LogP contribution in [0.2, 0.25) is 0 Å². The molecule has 0 N–H and O–H groups in total. The van der Waals surface area contributed by atoms with Crippen molar-refractivity contribution in [2.45, 2.75) is 37.7 Å². The molecule has 100 valence electrons. The molecule has 0 aliphatic heterocycles. The number of benzene rings is 1. The van der Waals surface area contributed by atoms with Crippen LogP contribution in [-0.2, 0) is 14.3 Å². The number of aryl methyl sites for hydroxylation is 1. The van der Waals surface area contributed by atoms with Crippen molar-refractivity contribution >= 4 is 26.0 Å². The van der Waals surface area contributed by atoms with Crippen LogP contribution >= 0.6 is 15.9 Å². The Kier molecular flexibility index (Phi) is 5.56. The number of halogens is 1. The quantitative estimate of drug-likeness (QED) is 0.744. The van der Waals surface area contributed by atoms with Crippen molar-refractivity contribution in [3.8, 4) is 0 Å². The first-order chi connectivity index (χ1) is 8.35. The van der Waals surface area contributed by atoms with Crippen LogP contribution in [0.5, 0.6) is 0 Å². The molecule has 0 saturated heterocycles. The van der Waals surface area contributed by atoms with E-state index < -0.39 is 10.1 Å². The zero-order valence-corrected chi connectivity index (χ0v) is 12.9. The van der Waals surface area contributed by atoms with Crippen molar-refractivity contribution in [2.75, 3.05) is 0 Å². The van der Waals surface area contributed by atoms with Gasteiger partial charge in [-0.3, -0.25) is 4.18 Å². The molecule has 1 aromatic rings. The normalized spacial score (nSPS) is 13.3. The first kappa shape index (κ1) is 15.4. The summed E-state index contributed by atoms with van der Waals surface area (Å²) in [5.74, 6) is 0. The van der Waals surface area contributed by atoms with E-state index >= 15 is 0 Å². The van der Waals surface area contributed by atoms with Crippen molar-refractivity contribution in [2.24, 2.45) is 0 Å². The van der Waals surface area contributed by atoms with Gasteiger partial charge in [0.1, 0.15) is 0 Å². The minimum atomic E-state index is -3.70. The van der Waals surface area contributed by atoms with E-state index in [0.29, 0.717) is 12.8 Å². The van der Waals surface area contributed by atoms with Gasteiger partial charge in [0.15, 0.2) is 0 Å². The molecule has 3 nitrogen and oxygen atoms in total. The Morgan fingerprint density at radius 2 is 1.94 bits per heavy atom. The van der Waals surface area contributed by atoms with Gasteiger partial charge in [-0.15, -0.1) is 0 Å². The third-order valence-electron chi connectivity index (χ3n) is 2.48. The Bertz CT molecular complexity index is 506. The summed E-state index contributed by atoms with van der Waals surface area (Å²) in [4.78, 5) is 0.187. The van der Waals surface area contributed by atoms with Gasteiger partial charge in [0.25, 0.3) is 10.1 Å². The zero-order valence-electron chi connectivity index (χ0n) is 10.5. The van der Waals surface area contributed by atoms with Crippen molar-refractivity contribution in [1.82, 2.24) is 0 Å². The topological polar surface area (TPSA) is 43.4 Å². The van der Waals surface area contributed by atoms with Gasteiger partial charge in [0.2, 0.25) is 0 Å². The molecule has 0 aliphatic carbocycles. The lowest BCUT2D eigenvalue weighted by Crippen LogP contribution is -2.18. The van der Waals surface area contributed by atoms with E-state index in [2.05, 4.69) is 22.5 Å². The molecule has 18 heavy (non-hydrogen) atoms. The monoisotopic (exact) mass is 332 g/mol. The molecule has 1 rings (SSSR count). The van der Waals surface area contributed by atoms with Gasteiger partial charge >= 0.3 is 0 Å². The Morgan fingerprint density at radius 3 is 2.39 bits per heavy atom. The number of hydrogen-bond donors (Lipinski definition) is 0. The summed E-state index contributed by atoms with van der Waals surface area (Å²) >= 11 is 3.22. The standard InChI is InChI=1S/C13H17BrO3S/c1-4-12(9-11(3)14)17-18(15,16)13-7-5-10(2)6-8-13/h5-8,12H,3-4,9H2,1-2H3/t12-/m1/s1. The molecule has 5 heteroatoms. The molecule has 1 atom stereocenters. The van der Waals surface area contributed by atoms with Crippen LogP contribution in [0, 0.1) is 6.92 Å². The predicted octanol–water partition coefficient (Wildman–Crippen LogP) is 3.78. The second-order valence-corrected chi connectivity index (χ2v) is 6.81. The van der Waals surface area contributed by atoms with Gasteiger partial charge in [0, 0.05) is 6.42 Å². The molecule has 0 bridgehead atoms. The highest BCUT2D eigenvalue weighted by atomic mass is 79.9. The number of rotatable bonds is 6. The van der Waals surface area contributed by atoms with Gasteiger partial charge in [-0.2, -0.15) is 8.42 Å². The minimum Gasteiger partial charge on any atom is -0.263 e. The maximum absolute atomic E-state index is 12.0. The fraction of sp³-hybridized carbons (Fsp3) is 0.385. The third-order valence-corrected chi connectivity index (χ3v) is 4.18. The van der Waals surface area contributed by atoms with Crippen molar-refractivity contribution in [1.29, 1.82) is 0 Å². The van der Waals surface area contributed by atoms with Crippen LogP contribution < -0.4 is 0 Å². The lowest BCUT2D eigenvalue weighted by atomic mass is 10.2. The van der Waals surface area contributed by atoms with E-state index in [1.165, 1.54) is 0 Å². The van der Waals surface area contributed by atoms with Gasteiger partial charge in [-0.05, 0) is 30.0 Å². The molecule has 0 unspecified atom stereocenters. The molecule has 0 aliphatic rings. The van der Waals surface area contributed by atoms with Crippen molar-refractivity contribution < 1.29 is 12.6 Å². The predicted molar refractivity (Wildman–Crippen MR) is 76.2 cm³/mol. The maximum Gasteiger partial charge on any atom is 0.297 e. The summed E-state index contributed by atoms with van der Waals surface area (Å²) in [7, 11) is -3.70. The van der Waals surface area contributed by atoms with Crippen LogP contribution in [-0.4, -0.2) is 14.5 Å². The fourth-order valence-corrected chi connectivity index (χ4v) is 2.94. The average molecular weight is 333 g/mol. The summed E-state index contributed by atoms with van der Waals surface area (Å²) in [6.45, 7) is 7.48. The summed E-state index contributed by atoms with van der Waals surface area (Å²) in [5.41, 5.74) is 1.01. The van der Waals surface area contributed by atoms with Gasteiger partial charge < -0.3 is 0 Å². The van der Waals surface area contributed by atoms with Crippen LogP contribution in [0.4, 0.5) is 0 Å². The van der Waals surface area contributed by atoms with Gasteiger partial charge in [0.05, 0.1) is 11.0 Å². The highest BCUT2D eigenvalue weighted by Gasteiger charge is 2.20. The molecule has 0 spiro atoms. The molecule has 0 amide bonds. The lowest BCUT2D eigenvalue weighted by Gasteiger charge is -2.15. The molecule has 0 fully saturated rings. The molecule has 0 aromatic heterocycles. The van der Waals surface area contributed by atoms with Crippen LogP contribution in [0.25, 0.3) is 0 Å². The summed E-state index contributed by atoms with van der Waals surface area (Å²) in [6.07, 6.45) is 0.695. The zero-order chi connectivity index (χ0) is 13.8. The first-order valence-electron chi connectivity index (χ1n) is 5.68. The van der Waals surface area contributed by atoms with E-state index in [1.807, 2.05) is 13.8 Å². The SMILES string of the molecule is C=C(Br)C[C@@H](CC)OS(=O)(=O)c1ccc(C)cc1. The van der Waals surface area contributed by atoms with Gasteiger partial charge in [-0.25, -0.2) is 0 Å². The van der Waals surface area contributed by atoms with Crippen molar-refractivity contribution in [3.63, 3.8) is 0 Å². The smallest absolute Gasteiger partial charge is 0.263 e.